The molecule has 16 rings (SSSR count). The lowest BCUT2D eigenvalue weighted by atomic mass is 9.73. The first-order valence-corrected chi connectivity index (χ1v) is 37.7. The maximum atomic E-state index is 2.60. The molecule has 0 aromatic heterocycles. The van der Waals surface area contributed by atoms with Crippen molar-refractivity contribution < 1.29 is 0 Å². The van der Waals surface area contributed by atoms with Gasteiger partial charge in [0, 0.05) is 112 Å². The molecule has 5 aliphatic carbocycles. The van der Waals surface area contributed by atoms with Crippen molar-refractivity contribution in [1.82, 2.24) is 29.4 Å². The molecule has 500 valence electrons. The molecule has 8 heterocycles. The molecule has 3 aromatic carbocycles. The van der Waals surface area contributed by atoms with E-state index in [2.05, 4.69) is 224 Å². The van der Waals surface area contributed by atoms with Gasteiger partial charge in [-0.05, 0) is 282 Å². The molecule has 8 heteroatoms. The molecule has 8 aliphatic heterocycles. The van der Waals surface area contributed by atoms with Gasteiger partial charge < -0.3 is 34.3 Å². The van der Waals surface area contributed by atoms with E-state index in [1.807, 2.05) is 0 Å². The lowest BCUT2D eigenvalue weighted by molar-refractivity contribution is 0.0650. The molecule has 0 spiro atoms. The van der Waals surface area contributed by atoms with E-state index in [-0.39, 0.29) is 0 Å². The topological polar surface area (TPSA) is 25.9 Å². The molecule has 89 heavy (non-hydrogen) atoms. The van der Waals surface area contributed by atoms with Gasteiger partial charge in [-0.3, -0.25) is 4.90 Å². The van der Waals surface area contributed by atoms with E-state index >= 15 is 0 Å². The molecular formula is C81H136N8. The predicted molar refractivity (Wildman–Crippen MR) is 385 cm³/mol. The normalized spacial score (nSPS) is 36.9. The number of likely N-dealkylation sites (tertiary alicyclic amines) is 5. The summed E-state index contributed by atoms with van der Waals surface area (Å²) < 4.78 is 0. The van der Waals surface area contributed by atoms with Gasteiger partial charge in [0.1, 0.15) is 0 Å². The van der Waals surface area contributed by atoms with Crippen LogP contribution >= 0.6 is 0 Å². The van der Waals surface area contributed by atoms with Gasteiger partial charge in [-0.15, -0.1) is 0 Å². The van der Waals surface area contributed by atoms with E-state index in [0.717, 1.165) is 96.2 Å². The highest BCUT2D eigenvalue weighted by atomic mass is 15.2. The molecule has 0 amide bonds. The number of aryl methyl sites for hydroxylation is 1. The zero-order chi connectivity index (χ0) is 63.5. The zero-order valence-electron chi connectivity index (χ0n) is 60.4. The van der Waals surface area contributed by atoms with Crippen LogP contribution in [0.5, 0.6) is 0 Å². The Morgan fingerprint density at radius 1 is 0.303 bits per heavy atom. The third-order valence-corrected chi connectivity index (χ3v) is 26.8. The van der Waals surface area contributed by atoms with Crippen molar-refractivity contribution in [2.24, 2.45) is 47.3 Å². The standard InChI is InChI=1S/C11H21N.2C11H15N.2C10H19N.C10H13N.2C9H17N/c2*1-9-7-10-5-3-4-6-11(10)8-12(9)2;1-9-7-8-10-5-3-4-6-11(10)12(9)2;1-8-10-6-4-3-5-9(10)7-11(8)2;2*1-8-7-9-5-3-4-6-10(9)11(8)2;1-7-9-5-3-4-8(9)6-10(7)2;1-7-6-8-4-3-5-9(8)10(7)2/h9-11H,3-8H2,1-2H3;2*3-6,9H,7-8H2,1-2H3;2*8-10H,3-7H2,1-2H3;3-6,8H,7H2,1-2H3;2*7-9H,3-6H2,1-2H3. The zero-order valence-corrected chi connectivity index (χ0v) is 60.4. The van der Waals surface area contributed by atoms with Crippen molar-refractivity contribution in [2.45, 2.75) is 283 Å². The van der Waals surface area contributed by atoms with Gasteiger partial charge in [-0.2, -0.15) is 0 Å². The number of piperidine rings is 1. The van der Waals surface area contributed by atoms with Crippen LogP contribution in [0.2, 0.25) is 0 Å². The fraction of sp³-hybridized carbons (Fsp3) is 0.778. The number of hydrogen-bond acceptors (Lipinski definition) is 8. The van der Waals surface area contributed by atoms with Crippen molar-refractivity contribution in [3.05, 3.63) is 95.1 Å². The summed E-state index contributed by atoms with van der Waals surface area (Å²) in [7, 11) is 18.0. The largest absolute Gasteiger partial charge is 0.372 e. The Kier molecular flexibility index (Phi) is 26.4. The molecule has 5 saturated heterocycles. The number of hydrogen-bond donors (Lipinski definition) is 0. The van der Waals surface area contributed by atoms with Crippen LogP contribution in [0.3, 0.4) is 0 Å². The van der Waals surface area contributed by atoms with Crippen LogP contribution < -0.4 is 9.80 Å². The van der Waals surface area contributed by atoms with Crippen LogP contribution in [-0.4, -0.2) is 166 Å². The Morgan fingerprint density at radius 3 is 1.29 bits per heavy atom. The van der Waals surface area contributed by atoms with Crippen LogP contribution in [0.25, 0.3) is 0 Å². The smallest absolute Gasteiger partial charge is 0.0399 e. The molecule has 18 unspecified atom stereocenters. The van der Waals surface area contributed by atoms with E-state index in [4.69, 9.17) is 0 Å². The first kappa shape index (κ1) is 70.3. The summed E-state index contributed by atoms with van der Waals surface area (Å²) in [5, 5.41) is 0. The van der Waals surface area contributed by atoms with E-state index in [1.54, 1.807) is 0 Å². The van der Waals surface area contributed by atoms with Gasteiger partial charge in [-0.1, -0.05) is 118 Å². The number of anilines is 2. The molecule has 0 N–H and O–H groups in total. The van der Waals surface area contributed by atoms with Crippen molar-refractivity contribution in [1.29, 1.82) is 0 Å². The molecule has 3 aromatic rings. The van der Waals surface area contributed by atoms with Gasteiger partial charge in [0.15, 0.2) is 0 Å². The van der Waals surface area contributed by atoms with Crippen molar-refractivity contribution in [3.8, 4) is 0 Å². The van der Waals surface area contributed by atoms with Crippen molar-refractivity contribution >= 4 is 11.4 Å². The average molecular weight is 1220 g/mol. The summed E-state index contributed by atoms with van der Waals surface area (Å²) in [5.74, 6) is 8.40. The Labute approximate surface area is 549 Å². The molecule has 5 saturated carbocycles. The van der Waals surface area contributed by atoms with Crippen molar-refractivity contribution in [3.63, 3.8) is 0 Å². The molecular weight excluding hydrogens is 1080 g/mol. The van der Waals surface area contributed by atoms with E-state index in [1.165, 1.54) is 214 Å². The highest BCUT2D eigenvalue weighted by Crippen LogP contribution is 2.44. The first-order chi connectivity index (χ1) is 42.8. The van der Waals surface area contributed by atoms with Crippen molar-refractivity contribution in [2.75, 3.05) is 85.8 Å². The van der Waals surface area contributed by atoms with Gasteiger partial charge in [-0.25, -0.2) is 0 Å². The summed E-state index contributed by atoms with van der Waals surface area (Å²) in [6.45, 7) is 23.9. The Balaban J connectivity index is 0.000000121. The average Bonchev–Trinajstić information content (AvgIpc) is 3.24. The maximum Gasteiger partial charge on any atom is 0.0399 e. The minimum atomic E-state index is 0.674. The Bertz CT molecular complexity index is 2430. The summed E-state index contributed by atoms with van der Waals surface area (Å²) in [6, 6.07) is 34.3. The van der Waals surface area contributed by atoms with Crippen LogP contribution in [0.4, 0.5) is 11.4 Å². The lowest BCUT2D eigenvalue weighted by Crippen LogP contribution is -2.44. The van der Waals surface area contributed by atoms with Crippen LogP contribution in [0, 0.1) is 47.3 Å². The molecule has 0 bridgehead atoms. The number of para-hydroxylation sites is 2. The molecule has 10 fully saturated rings. The minimum absolute atomic E-state index is 0.674. The van der Waals surface area contributed by atoms with Crippen LogP contribution in [0.1, 0.15) is 219 Å². The van der Waals surface area contributed by atoms with Crippen LogP contribution in [-0.2, 0) is 25.8 Å². The Morgan fingerprint density at radius 2 is 0.708 bits per heavy atom. The SMILES string of the molecule is CC1C2CCCC2CN1C.CC1C2CCCCC2CN1C.CC1CC2CCCC2N1C.CC1CC2CCCCC2CN1C.CC1CC2CCCCC2N1C.CC1CCc2ccccc2N1C.CC1Cc2ccccc2CN1C.CC1Cc2ccccc2N1C. The Hall–Kier alpha value is -2.98. The number of fused-ring (bicyclic) bond motifs is 8. The highest BCUT2D eigenvalue weighted by Gasteiger charge is 2.42. The fourth-order valence-electron chi connectivity index (χ4n) is 19.8. The van der Waals surface area contributed by atoms with Gasteiger partial charge in [0.05, 0.1) is 0 Å². The second-order valence-corrected chi connectivity index (χ2v) is 32.3. The lowest BCUT2D eigenvalue weighted by Gasteiger charge is -2.43. The molecule has 18 atom stereocenters. The monoisotopic (exact) mass is 1220 g/mol. The van der Waals surface area contributed by atoms with E-state index in [0.29, 0.717) is 18.1 Å². The molecule has 13 aliphatic rings. The minimum Gasteiger partial charge on any atom is -0.372 e. The molecule has 0 radical (unpaired) electrons. The number of nitrogens with zero attached hydrogens (tertiary/aromatic N) is 8. The van der Waals surface area contributed by atoms with Gasteiger partial charge >= 0.3 is 0 Å². The number of benzene rings is 3. The first-order valence-electron chi connectivity index (χ1n) is 37.7. The summed E-state index contributed by atoms with van der Waals surface area (Å²) in [5.41, 5.74) is 8.83. The maximum absolute atomic E-state index is 2.60. The molecule has 8 nitrogen and oxygen atoms in total. The highest BCUT2D eigenvalue weighted by molar-refractivity contribution is 5.58. The third-order valence-electron chi connectivity index (χ3n) is 26.8. The van der Waals surface area contributed by atoms with E-state index < -0.39 is 0 Å². The second kappa shape index (κ2) is 33.4. The van der Waals surface area contributed by atoms with Gasteiger partial charge in [0.25, 0.3) is 0 Å². The van der Waals surface area contributed by atoms with Crippen LogP contribution in [0.15, 0.2) is 72.8 Å². The summed E-state index contributed by atoms with van der Waals surface area (Å²) in [4.78, 5) is 19.9. The summed E-state index contributed by atoms with van der Waals surface area (Å²) >= 11 is 0. The number of likely N-dealkylation sites (N-methyl/N-ethyl adjacent to an activating group) is 2. The third kappa shape index (κ3) is 18.1. The quantitative estimate of drug-likeness (QED) is 0.220. The second-order valence-electron chi connectivity index (χ2n) is 32.3. The summed E-state index contributed by atoms with van der Waals surface area (Å²) in [6.07, 6.45) is 36.1. The van der Waals surface area contributed by atoms with E-state index in [9.17, 15) is 0 Å². The fourth-order valence-corrected chi connectivity index (χ4v) is 19.8. The predicted octanol–water partition coefficient (Wildman–Crippen LogP) is 17.1. The number of rotatable bonds is 0. The van der Waals surface area contributed by atoms with Gasteiger partial charge in [0.2, 0.25) is 0 Å².